The Kier molecular flexibility index (Phi) is 6.16. The molecule has 0 radical (unpaired) electrons. The number of esters is 1. The number of thiazole rings is 1. The molecule has 2 heterocycles. The summed E-state index contributed by atoms with van der Waals surface area (Å²) in [5, 5.41) is -1.13. The van der Waals surface area contributed by atoms with Gasteiger partial charge in [-0.3, -0.25) is 4.79 Å². The Labute approximate surface area is 184 Å². The zero-order chi connectivity index (χ0) is 24.0. The molecule has 0 N–H and O–H groups in total. The molecule has 1 aliphatic heterocycles. The number of carbonyl (C=O) groups excluding carboxylic acids is 2. The van der Waals surface area contributed by atoms with E-state index in [4.69, 9.17) is 4.74 Å². The third kappa shape index (κ3) is 4.67. The van der Waals surface area contributed by atoms with Gasteiger partial charge in [-0.15, -0.1) is 11.3 Å². The molecular weight excluding hydrogens is 455 g/mol. The molecule has 0 bridgehead atoms. The number of carbonyl (C=O) groups is 2. The van der Waals surface area contributed by atoms with E-state index in [1.54, 1.807) is 27.7 Å². The number of halogens is 5. The first kappa shape index (κ1) is 23.8. The van der Waals surface area contributed by atoms with Gasteiger partial charge in [0.15, 0.2) is 16.6 Å². The van der Waals surface area contributed by atoms with E-state index in [2.05, 4.69) is 4.98 Å². The van der Waals surface area contributed by atoms with Gasteiger partial charge in [-0.25, -0.2) is 18.6 Å². The average molecular weight is 474 g/mol. The number of hydrogen-bond donors (Lipinski definition) is 0. The number of amides is 1. The monoisotopic (exact) mass is 474 g/mol. The second kappa shape index (κ2) is 8.27. The lowest BCUT2D eigenvalue weighted by molar-refractivity contribution is -0.140. The Morgan fingerprint density at radius 2 is 1.84 bits per heavy atom. The first-order valence-electron chi connectivity index (χ1n) is 9.48. The zero-order valence-electron chi connectivity index (χ0n) is 17.5. The van der Waals surface area contributed by atoms with Crippen LogP contribution in [0, 0.1) is 11.6 Å². The molecule has 1 aromatic heterocycles. The van der Waals surface area contributed by atoms with Crippen molar-refractivity contribution in [3.63, 3.8) is 0 Å². The predicted molar refractivity (Wildman–Crippen MR) is 107 cm³/mol. The summed E-state index contributed by atoms with van der Waals surface area (Å²) in [4.78, 5) is 30.5. The van der Waals surface area contributed by atoms with Crippen molar-refractivity contribution < 1.29 is 36.3 Å². The smallest absolute Gasteiger partial charge is 0.443 e. The number of nitrogens with zero attached hydrogens (tertiary/aromatic N) is 2. The molecule has 1 aromatic carbocycles. The number of alkyl halides is 3. The number of fused-ring (bicyclic) bond motifs is 1. The van der Waals surface area contributed by atoms with E-state index in [1.807, 2.05) is 0 Å². The molecule has 2 aromatic rings. The van der Waals surface area contributed by atoms with Crippen LogP contribution in [-0.4, -0.2) is 34.4 Å². The molecular formula is C21H19F5N2O3S. The van der Waals surface area contributed by atoms with Crippen molar-refractivity contribution in [3.05, 3.63) is 57.2 Å². The molecule has 1 aliphatic rings. The number of rotatable bonds is 3. The zero-order valence-corrected chi connectivity index (χ0v) is 18.3. The Morgan fingerprint density at radius 1 is 1.19 bits per heavy atom. The van der Waals surface area contributed by atoms with Crippen LogP contribution in [0.25, 0.3) is 5.57 Å². The summed E-state index contributed by atoms with van der Waals surface area (Å²) in [7, 11) is 0. The van der Waals surface area contributed by atoms with E-state index in [0.29, 0.717) is 6.07 Å². The van der Waals surface area contributed by atoms with Gasteiger partial charge >= 0.3 is 12.1 Å². The average Bonchev–Trinajstić information content (AvgIpc) is 3.08. The van der Waals surface area contributed by atoms with Crippen LogP contribution in [-0.2, 0) is 21.1 Å². The molecule has 172 valence electrons. The Morgan fingerprint density at radius 3 is 2.41 bits per heavy atom. The van der Waals surface area contributed by atoms with Crippen LogP contribution in [0.3, 0.4) is 0 Å². The maximum absolute atomic E-state index is 13.7. The third-order valence-corrected chi connectivity index (χ3v) is 5.73. The van der Waals surface area contributed by atoms with E-state index < -0.39 is 46.2 Å². The highest BCUT2D eigenvalue weighted by Gasteiger charge is 2.43. The van der Waals surface area contributed by atoms with Gasteiger partial charge < -0.3 is 9.64 Å². The maximum Gasteiger partial charge on any atom is 0.443 e. The molecule has 0 atom stereocenters. The molecule has 0 unspecified atom stereocenters. The number of ether oxygens (including phenoxy) is 1. The van der Waals surface area contributed by atoms with Crippen LogP contribution in [0.1, 0.15) is 53.6 Å². The number of benzene rings is 1. The fourth-order valence-corrected chi connectivity index (χ4v) is 4.30. The van der Waals surface area contributed by atoms with E-state index in [-0.39, 0.29) is 39.6 Å². The summed E-state index contributed by atoms with van der Waals surface area (Å²) in [6.07, 6.45) is -4.21. The fraction of sp³-hybridized carbons (Fsp3) is 0.381. The normalized spacial score (nSPS) is 15.8. The minimum absolute atomic E-state index is 0.0117. The Balaban J connectivity index is 2.16. The number of aromatic nitrogens is 1. The molecule has 11 heteroatoms. The number of hydrogen-bond acceptors (Lipinski definition) is 5. The van der Waals surface area contributed by atoms with Gasteiger partial charge in [-0.1, -0.05) is 13.8 Å². The van der Waals surface area contributed by atoms with Crippen molar-refractivity contribution in [2.45, 2.75) is 45.4 Å². The minimum atomic E-state index is -4.72. The van der Waals surface area contributed by atoms with Crippen molar-refractivity contribution in [2.24, 2.45) is 0 Å². The van der Waals surface area contributed by atoms with E-state index in [0.717, 1.165) is 23.2 Å². The lowest BCUT2D eigenvalue weighted by Crippen LogP contribution is -2.37. The SMILES string of the molecule is CC(C)OC(=O)C1=CN(C(=O)c2ccc(F)c(F)c2)CC(C)(C)c2nc(C(F)(F)F)sc21. The summed E-state index contributed by atoms with van der Waals surface area (Å²) in [6.45, 7) is 6.11. The predicted octanol–water partition coefficient (Wildman–Crippen LogP) is 5.17. The highest BCUT2D eigenvalue weighted by molar-refractivity contribution is 7.13. The standard InChI is InChI=1S/C21H19F5N2O3S/c1-10(2)31-18(30)12-8-28(17(29)11-5-6-13(22)14(23)7-11)9-20(3,4)16-15(12)32-19(27-16)21(24,25)26/h5-8,10H,9H2,1-4H3. The van der Waals surface area contributed by atoms with Gasteiger partial charge in [0.05, 0.1) is 22.2 Å². The van der Waals surface area contributed by atoms with Crippen LogP contribution < -0.4 is 0 Å². The molecule has 0 fully saturated rings. The first-order chi connectivity index (χ1) is 14.7. The molecule has 3 rings (SSSR count). The highest BCUT2D eigenvalue weighted by atomic mass is 32.1. The van der Waals surface area contributed by atoms with Gasteiger partial charge in [0, 0.05) is 23.7 Å². The van der Waals surface area contributed by atoms with Crippen molar-refractivity contribution in [1.29, 1.82) is 0 Å². The lowest BCUT2D eigenvalue weighted by atomic mass is 9.87. The van der Waals surface area contributed by atoms with Crippen LogP contribution >= 0.6 is 11.3 Å². The van der Waals surface area contributed by atoms with Crippen LogP contribution in [0.2, 0.25) is 0 Å². The molecule has 0 saturated carbocycles. The summed E-state index contributed by atoms with van der Waals surface area (Å²) >= 11 is 0.283. The van der Waals surface area contributed by atoms with E-state index >= 15 is 0 Å². The molecule has 5 nitrogen and oxygen atoms in total. The highest BCUT2D eigenvalue weighted by Crippen LogP contribution is 2.43. The Hall–Kier alpha value is -2.82. The van der Waals surface area contributed by atoms with Crippen molar-refractivity contribution in [1.82, 2.24) is 9.88 Å². The van der Waals surface area contributed by atoms with Gasteiger partial charge in [-0.2, -0.15) is 13.2 Å². The molecule has 32 heavy (non-hydrogen) atoms. The van der Waals surface area contributed by atoms with Gasteiger partial charge in [0.25, 0.3) is 5.91 Å². The topological polar surface area (TPSA) is 59.5 Å². The summed E-state index contributed by atoms with van der Waals surface area (Å²) in [5.74, 6) is -4.07. The molecule has 0 saturated heterocycles. The molecule has 0 spiro atoms. The lowest BCUT2D eigenvalue weighted by Gasteiger charge is -2.28. The second-order valence-electron chi connectivity index (χ2n) is 8.14. The molecule has 1 amide bonds. The largest absolute Gasteiger partial charge is 0.459 e. The van der Waals surface area contributed by atoms with Crippen LogP contribution in [0.5, 0.6) is 0 Å². The Bertz CT molecular complexity index is 1110. The fourth-order valence-electron chi connectivity index (χ4n) is 3.19. The van der Waals surface area contributed by atoms with Gasteiger partial charge in [-0.05, 0) is 32.0 Å². The second-order valence-corrected chi connectivity index (χ2v) is 9.14. The van der Waals surface area contributed by atoms with Gasteiger partial charge in [0.1, 0.15) is 0 Å². The minimum Gasteiger partial charge on any atom is -0.459 e. The van der Waals surface area contributed by atoms with Crippen LogP contribution in [0.15, 0.2) is 24.4 Å². The van der Waals surface area contributed by atoms with Crippen LogP contribution in [0.4, 0.5) is 22.0 Å². The first-order valence-corrected chi connectivity index (χ1v) is 10.3. The summed E-state index contributed by atoms with van der Waals surface area (Å²) in [5.41, 5.74) is -1.59. The van der Waals surface area contributed by atoms with Crippen molar-refractivity contribution in [3.8, 4) is 0 Å². The van der Waals surface area contributed by atoms with Crippen molar-refractivity contribution in [2.75, 3.05) is 6.54 Å². The summed E-state index contributed by atoms with van der Waals surface area (Å²) in [6, 6.07) is 2.58. The third-order valence-electron chi connectivity index (χ3n) is 4.60. The van der Waals surface area contributed by atoms with E-state index in [9.17, 15) is 31.5 Å². The molecule has 0 aliphatic carbocycles. The maximum atomic E-state index is 13.7. The quantitative estimate of drug-likeness (QED) is 0.455. The van der Waals surface area contributed by atoms with E-state index in [1.165, 1.54) is 0 Å². The summed E-state index contributed by atoms with van der Waals surface area (Å²) < 4.78 is 72.1. The van der Waals surface area contributed by atoms with Gasteiger partial charge in [0.2, 0.25) is 0 Å². The van der Waals surface area contributed by atoms with Crippen molar-refractivity contribution >= 4 is 28.8 Å².